The topological polar surface area (TPSA) is 120 Å². The second kappa shape index (κ2) is 5.99. The normalized spacial score (nSPS) is 10.2. The fraction of sp³-hybridized carbons (Fsp3) is 0.250. The Morgan fingerprint density at radius 1 is 1.52 bits per heavy atom. The molecule has 9 heteroatoms. The van der Waals surface area contributed by atoms with Crippen molar-refractivity contribution in [3.63, 3.8) is 0 Å². The molecular weight excluding hydrogens is 280 g/mol. The molecule has 110 valence electrons. The number of methoxy groups -OCH3 is 1. The molecule has 2 aromatic rings. The molecule has 0 amide bonds. The molecule has 0 saturated heterocycles. The molecule has 21 heavy (non-hydrogen) atoms. The van der Waals surface area contributed by atoms with Gasteiger partial charge < -0.3 is 14.5 Å². The van der Waals surface area contributed by atoms with Gasteiger partial charge in [0.1, 0.15) is 5.76 Å². The van der Waals surface area contributed by atoms with E-state index in [-0.39, 0.29) is 23.7 Å². The van der Waals surface area contributed by atoms with Crippen LogP contribution in [-0.2, 0) is 11.3 Å². The van der Waals surface area contributed by atoms with Crippen molar-refractivity contribution in [3.05, 3.63) is 45.8 Å². The predicted molar refractivity (Wildman–Crippen MR) is 70.8 cm³/mol. The van der Waals surface area contributed by atoms with E-state index < -0.39 is 10.9 Å². The molecule has 0 bridgehead atoms. The summed E-state index contributed by atoms with van der Waals surface area (Å²) in [4.78, 5) is 29.6. The summed E-state index contributed by atoms with van der Waals surface area (Å²) in [6.07, 6.45) is 1.53. The number of rotatable bonds is 5. The summed E-state index contributed by atoms with van der Waals surface area (Å²) in [5.41, 5.74) is -0.292. The fourth-order valence-electron chi connectivity index (χ4n) is 1.59. The third-order valence-electron chi connectivity index (χ3n) is 2.54. The van der Waals surface area contributed by atoms with Gasteiger partial charge in [-0.3, -0.25) is 10.1 Å². The maximum absolute atomic E-state index is 11.4. The summed E-state index contributed by atoms with van der Waals surface area (Å²) in [6, 6.07) is 2.41. The number of hydrogen-bond donors (Lipinski definition) is 1. The molecule has 2 aromatic heterocycles. The van der Waals surface area contributed by atoms with Gasteiger partial charge in [0.2, 0.25) is 11.7 Å². The maximum Gasteiger partial charge on any atom is 0.356 e. The first-order valence-electron chi connectivity index (χ1n) is 5.90. The summed E-state index contributed by atoms with van der Waals surface area (Å²) in [5, 5.41) is 13.7. The molecule has 0 atom stereocenters. The quantitative estimate of drug-likeness (QED) is 0.502. The Morgan fingerprint density at radius 3 is 2.86 bits per heavy atom. The average Bonchev–Trinajstić information content (AvgIpc) is 2.89. The van der Waals surface area contributed by atoms with Crippen LogP contribution in [0.4, 0.5) is 11.5 Å². The summed E-state index contributed by atoms with van der Waals surface area (Å²) in [5.74, 6) is 0.239. The lowest BCUT2D eigenvalue weighted by Crippen LogP contribution is -2.10. The van der Waals surface area contributed by atoms with Crippen molar-refractivity contribution in [2.75, 3.05) is 12.4 Å². The number of esters is 1. The van der Waals surface area contributed by atoms with Crippen molar-refractivity contribution in [2.24, 2.45) is 0 Å². The maximum atomic E-state index is 11.4. The molecule has 0 spiro atoms. The SMILES string of the molecule is COC(=O)c1ccc([N+](=O)[O-])c(NCc2ncc(C)o2)n1. The van der Waals surface area contributed by atoms with Crippen LogP contribution < -0.4 is 5.32 Å². The molecule has 0 fully saturated rings. The third-order valence-corrected chi connectivity index (χ3v) is 2.54. The average molecular weight is 292 g/mol. The molecule has 0 saturated carbocycles. The molecule has 0 radical (unpaired) electrons. The molecule has 0 aliphatic heterocycles. The molecule has 0 aliphatic rings. The number of nitrogens with one attached hydrogen (secondary N) is 1. The molecule has 0 aromatic carbocycles. The summed E-state index contributed by atoms with van der Waals surface area (Å²) >= 11 is 0. The number of carbonyl (C=O) groups is 1. The van der Waals surface area contributed by atoms with Crippen molar-refractivity contribution in [1.29, 1.82) is 0 Å². The van der Waals surface area contributed by atoms with Crippen LogP contribution in [0.15, 0.2) is 22.7 Å². The van der Waals surface area contributed by atoms with Crippen molar-refractivity contribution in [2.45, 2.75) is 13.5 Å². The smallest absolute Gasteiger partial charge is 0.356 e. The van der Waals surface area contributed by atoms with E-state index in [1.807, 2.05) is 0 Å². The second-order valence-electron chi connectivity index (χ2n) is 4.03. The van der Waals surface area contributed by atoms with Crippen LogP contribution >= 0.6 is 0 Å². The van der Waals surface area contributed by atoms with Gasteiger partial charge >= 0.3 is 11.7 Å². The zero-order valence-electron chi connectivity index (χ0n) is 11.3. The van der Waals surface area contributed by atoms with Crippen LogP contribution in [0.25, 0.3) is 0 Å². The third kappa shape index (κ3) is 3.32. The number of anilines is 1. The number of nitro groups is 1. The van der Waals surface area contributed by atoms with E-state index in [9.17, 15) is 14.9 Å². The van der Waals surface area contributed by atoms with Gasteiger partial charge in [-0.25, -0.2) is 14.8 Å². The Hall–Kier alpha value is -2.97. The van der Waals surface area contributed by atoms with Crippen molar-refractivity contribution < 1.29 is 18.9 Å². The minimum atomic E-state index is -0.681. The Labute approximate surface area is 119 Å². The standard InChI is InChI=1S/C12H12N4O5/c1-7-5-13-10(21-7)6-14-11-9(16(18)19)4-3-8(15-11)12(17)20-2/h3-5H,6H2,1-2H3,(H,14,15). The zero-order valence-corrected chi connectivity index (χ0v) is 11.3. The highest BCUT2D eigenvalue weighted by Gasteiger charge is 2.19. The van der Waals surface area contributed by atoms with E-state index in [4.69, 9.17) is 4.42 Å². The van der Waals surface area contributed by atoms with Gasteiger partial charge in [0.05, 0.1) is 24.8 Å². The zero-order chi connectivity index (χ0) is 15.4. The minimum absolute atomic E-state index is 0.0332. The van der Waals surface area contributed by atoms with Gasteiger partial charge in [0, 0.05) is 6.07 Å². The summed E-state index contributed by atoms with van der Waals surface area (Å²) in [6.45, 7) is 1.83. The van der Waals surface area contributed by atoms with Crippen LogP contribution in [0.1, 0.15) is 22.1 Å². The summed E-state index contributed by atoms with van der Waals surface area (Å²) < 4.78 is 9.77. The van der Waals surface area contributed by atoms with Gasteiger partial charge in [0.25, 0.3) is 0 Å². The monoisotopic (exact) mass is 292 g/mol. The lowest BCUT2D eigenvalue weighted by atomic mass is 10.3. The summed E-state index contributed by atoms with van der Waals surface area (Å²) in [7, 11) is 1.20. The van der Waals surface area contributed by atoms with E-state index >= 15 is 0 Å². The van der Waals surface area contributed by atoms with E-state index in [0.29, 0.717) is 11.7 Å². The second-order valence-corrected chi connectivity index (χ2v) is 4.03. The Morgan fingerprint density at radius 2 is 2.29 bits per heavy atom. The Bertz CT molecular complexity index is 682. The van der Waals surface area contributed by atoms with E-state index in [1.165, 1.54) is 25.4 Å². The minimum Gasteiger partial charge on any atom is -0.464 e. The first-order valence-corrected chi connectivity index (χ1v) is 5.90. The van der Waals surface area contributed by atoms with E-state index in [0.717, 1.165) is 0 Å². The highest BCUT2D eigenvalue weighted by Crippen LogP contribution is 2.23. The lowest BCUT2D eigenvalue weighted by molar-refractivity contribution is -0.384. The molecule has 2 heterocycles. The highest BCUT2D eigenvalue weighted by atomic mass is 16.6. The van der Waals surface area contributed by atoms with Gasteiger partial charge in [-0.05, 0) is 13.0 Å². The molecule has 2 rings (SSSR count). The van der Waals surface area contributed by atoms with Crippen LogP contribution in [-0.4, -0.2) is 28.0 Å². The first kappa shape index (κ1) is 14.4. The Kier molecular flexibility index (Phi) is 4.12. The van der Waals surface area contributed by atoms with Gasteiger partial charge in [-0.2, -0.15) is 0 Å². The van der Waals surface area contributed by atoms with Crippen molar-refractivity contribution in [3.8, 4) is 0 Å². The largest absolute Gasteiger partial charge is 0.464 e. The predicted octanol–water partition coefficient (Wildman–Crippen LogP) is 1.68. The van der Waals surface area contributed by atoms with Crippen LogP contribution in [0.2, 0.25) is 0 Å². The number of hydrogen-bond acceptors (Lipinski definition) is 8. The van der Waals surface area contributed by atoms with Crippen LogP contribution in [0.5, 0.6) is 0 Å². The fourth-order valence-corrected chi connectivity index (χ4v) is 1.59. The van der Waals surface area contributed by atoms with Gasteiger partial charge in [0.15, 0.2) is 5.69 Å². The van der Waals surface area contributed by atoms with Gasteiger partial charge in [-0.15, -0.1) is 0 Å². The number of aryl methyl sites for hydroxylation is 1. The molecular formula is C12H12N4O5. The number of pyridine rings is 1. The van der Waals surface area contributed by atoms with E-state index in [1.54, 1.807) is 6.92 Å². The molecule has 0 unspecified atom stereocenters. The highest BCUT2D eigenvalue weighted by molar-refractivity contribution is 5.88. The molecule has 9 nitrogen and oxygen atoms in total. The van der Waals surface area contributed by atoms with Crippen molar-refractivity contribution in [1.82, 2.24) is 9.97 Å². The number of aromatic nitrogens is 2. The van der Waals surface area contributed by atoms with Gasteiger partial charge in [-0.1, -0.05) is 0 Å². The van der Waals surface area contributed by atoms with Crippen LogP contribution in [0, 0.1) is 17.0 Å². The lowest BCUT2D eigenvalue weighted by Gasteiger charge is -2.06. The van der Waals surface area contributed by atoms with Crippen LogP contribution in [0.3, 0.4) is 0 Å². The number of ether oxygens (including phenoxy) is 1. The van der Waals surface area contributed by atoms with E-state index in [2.05, 4.69) is 20.0 Å². The molecule has 0 aliphatic carbocycles. The number of oxazole rings is 1. The number of carbonyl (C=O) groups excluding carboxylic acids is 1. The van der Waals surface area contributed by atoms with Crippen molar-refractivity contribution >= 4 is 17.5 Å². The Balaban J connectivity index is 2.25. The number of nitrogens with zero attached hydrogens (tertiary/aromatic N) is 3. The molecule has 1 N–H and O–H groups in total. The first-order chi connectivity index (χ1) is 10.0.